The molecule has 0 N–H and O–H groups in total. The smallest absolute Gasteiger partial charge is 0.00650 e. The fourth-order valence-electron chi connectivity index (χ4n) is 12.8. The highest BCUT2D eigenvalue weighted by Gasteiger charge is 2.31. The van der Waals surface area contributed by atoms with Crippen LogP contribution in [0.2, 0.25) is 0 Å². The Morgan fingerprint density at radius 3 is 0.704 bits per heavy atom. The van der Waals surface area contributed by atoms with Crippen LogP contribution in [0.3, 0.4) is 0 Å². The van der Waals surface area contributed by atoms with Crippen LogP contribution in [0.15, 0.2) is 170 Å². The Bertz CT molecular complexity index is 2950. The van der Waals surface area contributed by atoms with Crippen LogP contribution in [0, 0.1) is 5.41 Å². The minimum absolute atomic E-state index is 0.313. The van der Waals surface area contributed by atoms with E-state index in [1.165, 1.54) is 184 Å². The molecular weight excluding hydrogens is 1130 g/mol. The fraction of sp³-hybridized carbons (Fsp3) is 0.342. The molecule has 12 rings (SSSR count). The highest BCUT2D eigenvalue weighted by Crippen LogP contribution is 2.43. The number of thioether (sulfide) groups is 8. The number of hydrogen-bond acceptors (Lipinski definition) is 8. The van der Waals surface area contributed by atoms with Crippen molar-refractivity contribution in [1.29, 1.82) is 0 Å². The number of hydrogen-bond donors (Lipinski definition) is 0. The summed E-state index contributed by atoms with van der Waals surface area (Å²) in [6, 6.07) is 64.2. The molecule has 0 bridgehead atoms. The van der Waals surface area contributed by atoms with E-state index in [4.69, 9.17) is 0 Å². The first-order valence-corrected chi connectivity index (χ1v) is 38.8. The first-order chi connectivity index (χ1) is 40.2. The molecule has 416 valence electrons. The summed E-state index contributed by atoms with van der Waals surface area (Å²) in [5.41, 5.74) is 30.4. The molecule has 81 heavy (non-hydrogen) atoms. The molecule has 0 saturated carbocycles. The van der Waals surface area contributed by atoms with E-state index < -0.39 is 0 Å². The van der Waals surface area contributed by atoms with Gasteiger partial charge in [-0.05, 0) is 186 Å². The molecule has 0 atom stereocenters. The van der Waals surface area contributed by atoms with Gasteiger partial charge in [0.25, 0.3) is 0 Å². The minimum atomic E-state index is 0.313. The molecule has 8 aromatic carbocycles. The summed E-state index contributed by atoms with van der Waals surface area (Å²) in [6.07, 6.45) is 9.04. The molecule has 0 saturated heterocycles. The second kappa shape index (κ2) is 29.1. The van der Waals surface area contributed by atoms with Crippen molar-refractivity contribution >= 4 is 94.1 Å². The number of rotatable bonds is 32. The monoisotopic (exact) mass is 1210 g/mol. The average Bonchev–Trinajstić information content (AvgIpc) is 4.30. The van der Waals surface area contributed by atoms with Gasteiger partial charge in [0.2, 0.25) is 0 Å². The zero-order valence-corrected chi connectivity index (χ0v) is 53.4. The van der Waals surface area contributed by atoms with Gasteiger partial charge in [0, 0.05) is 74.4 Å². The molecule has 8 aromatic rings. The molecule has 4 aliphatic carbocycles. The summed E-state index contributed by atoms with van der Waals surface area (Å²) < 4.78 is 0. The Morgan fingerprint density at radius 1 is 0.222 bits per heavy atom. The summed E-state index contributed by atoms with van der Waals surface area (Å²) in [4.78, 5) is 0. The molecule has 0 fully saturated rings. The van der Waals surface area contributed by atoms with Crippen LogP contribution in [0.1, 0.15) is 66.8 Å². The van der Waals surface area contributed by atoms with E-state index in [9.17, 15) is 0 Å². The molecule has 0 amide bonds. The van der Waals surface area contributed by atoms with Crippen LogP contribution in [-0.2, 0) is 51.4 Å². The van der Waals surface area contributed by atoms with Gasteiger partial charge in [-0.3, -0.25) is 0 Å². The highest BCUT2D eigenvalue weighted by molar-refractivity contribution is 8.05. The summed E-state index contributed by atoms with van der Waals surface area (Å²) in [6.45, 7) is 0. The molecule has 0 aromatic heterocycles. The zero-order valence-electron chi connectivity index (χ0n) is 46.9. The van der Waals surface area contributed by atoms with Crippen molar-refractivity contribution in [1.82, 2.24) is 0 Å². The molecule has 0 unspecified atom stereocenters. The third-order valence-corrected chi connectivity index (χ3v) is 27.2. The van der Waals surface area contributed by atoms with Crippen molar-refractivity contribution in [2.75, 3.05) is 92.0 Å². The fourth-order valence-corrected chi connectivity index (χ4v) is 23.2. The van der Waals surface area contributed by atoms with Crippen LogP contribution >= 0.6 is 94.1 Å². The molecule has 0 spiro atoms. The number of fused-ring (bicyclic) bond motifs is 12. The summed E-state index contributed by atoms with van der Waals surface area (Å²) in [7, 11) is 0. The highest BCUT2D eigenvalue weighted by atomic mass is 32.2. The Kier molecular flexibility index (Phi) is 20.8. The SMILES string of the molecule is c1ccc2c(c1)Cc1c(CCSCCSCC(CSCCSCCc3cccc4c3Cc3ccccc3-4)(CSCCSCCc3cccc4c3Cc3ccccc3-4)CSCCSCCc3cccc4c3Cc3ccccc3-4)cccc1-2. The van der Waals surface area contributed by atoms with Gasteiger partial charge in [0.1, 0.15) is 0 Å². The van der Waals surface area contributed by atoms with Gasteiger partial charge in [0.15, 0.2) is 0 Å². The minimum Gasteiger partial charge on any atom is -0.161 e. The van der Waals surface area contributed by atoms with Gasteiger partial charge in [-0.1, -0.05) is 170 Å². The van der Waals surface area contributed by atoms with Crippen LogP contribution in [0.25, 0.3) is 44.5 Å². The van der Waals surface area contributed by atoms with E-state index in [0.29, 0.717) is 5.41 Å². The van der Waals surface area contributed by atoms with E-state index in [2.05, 4.69) is 264 Å². The van der Waals surface area contributed by atoms with Crippen molar-refractivity contribution < 1.29 is 0 Å². The topological polar surface area (TPSA) is 0 Å². The third-order valence-electron chi connectivity index (χ3n) is 17.0. The average molecular weight is 1210 g/mol. The summed E-state index contributed by atoms with van der Waals surface area (Å²) in [5, 5.41) is 0. The maximum absolute atomic E-state index is 2.40. The predicted octanol–water partition coefficient (Wildman–Crippen LogP) is 19.1. The van der Waals surface area contributed by atoms with Gasteiger partial charge >= 0.3 is 0 Å². The van der Waals surface area contributed by atoms with Crippen molar-refractivity contribution in [2.45, 2.75) is 51.4 Å². The molecule has 0 radical (unpaired) electrons. The molecule has 0 heterocycles. The first kappa shape index (κ1) is 58.0. The second-order valence-corrected chi connectivity index (χ2v) is 31.6. The van der Waals surface area contributed by atoms with E-state index in [0.717, 1.165) is 25.7 Å². The molecule has 8 heteroatoms. The van der Waals surface area contributed by atoms with Gasteiger partial charge in [-0.25, -0.2) is 0 Å². The van der Waals surface area contributed by atoms with Gasteiger partial charge in [-0.15, -0.1) is 0 Å². The second-order valence-electron chi connectivity index (χ2n) is 22.3. The summed E-state index contributed by atoms with van der Waals surface area (Å²) >= 11 is 17.8. The van der Waals surface area contributed by atoms with E-state index in [1.54, 1.807) is 44.5 Å². The lowest BCUT2D eigenvalue weighted by molar-refractivity contribution is 0.516. The molecule has 0 nitrogen and oxygen atoms in total. The number of benzene rings is 8. The first-order valence-electron chi connectivity index (χ1n) is 29.6. The van der Waals surface area contributed by atoms with Gasteiger partial charge in [0.05, 0.1) is 0 Å². The lowest BCUT2D eigenvalue weighted by Gasteiger charge is -2.33. The standard InChI is InChI=1S/C73H76S8/c1-5-21-61-57(13-1)45-69-53(17-9-25-65(61)69)29-33-74-37-41-78-49-73(50-79-42-38-75-34-30-54-18-10-26-66-62-22-6-2-14-58(62)46-70(54)66,51-80-43-39-76-35-31-55-19-11-27-67-63-23-7-3-15-59(63)47-71(55)67)52-81-44-40-77-36-32-56-20-12-28-68-64-24-8-4-16-60(64)48-72(56)68/h1-28H,29-52H2. The van der Waals surface area contributed by atoms with Crippen molar-refractivity contribution in [3.05, 3.63) is 237 Å². The van der Waals surface area contributed by atoms with E-state index in [1.807, 2.05) is 0 Å². The van der Waals surface area contributed by atoms with Gasteiger partial charge < -0.3 is 0 Å². The van der Waals surface area contributed by atoms with Crippen LogP contribution in [-0.4, -0.2) is 92.0 Å². The van der Waals surface area contributed by atoms with Crippen LogP contribution in [0.4, 0.5) is 0 Å². The quantitative estimate of drug-likeness (QED) is 0.0378. The van der Waals surface area contributed by atoms with Gasteiger partial charge in [-0.2, -0.15) is 94.1 Å². The van der Waals surface area contributed by atoms with Crippen molar-refractivity contribution in [3.63, 3.8) is 0 Å². The van der Waals surface area contributed by atoms with E-state index >= 15 is 0 Å². The maximum atomic E-state index is 2.40. The largest absolute Gasteiger partial charge is 0.161 e. The lowest BCUT2D eigenvalue weighted by Crippen LogP contribution is -2.34. The Morgan fingerprint density at radius 2 is 0.444 bits per heavy atom. The Labute approximate surface area is 519 Å². The van der Waals surface area contributed by atoms with Crippen LogP contribution in [0.5, 0.6) is 0 Å². The predicted molar refractivity (Wildman–Crippen MR) is 375 cm³/mol. The van der Waals surface area contributed by atoms with Crippen molar-refractivity contribution in [2.24, 2.45) is 5.41 Å². The Hall–Kier alpha value is -3.44. The Balaban J connectivity index is 0.652. The van der Waals surface area contributed by atoms with E-state index in [-0.39, 0.29) is 0 Å². The maximum Gasteiger partial charge on any atom is 0.00650 e. The lowest BCUT2D eigenvalue weighted by atomic mass is 9.99. The normalized spacial score (nSPS) is 13.1. The molecule has 0 aliphatic heterocycles. The zero-order chi connectivity index (χ0) is 54.5. The molecule has 4 aliphatic rings. The molecular formula is C73H76S8. The van der Waals surface area contributed by atoms with Crippen LogP contribution < -0.4 is 0 Å². The summed E-state index contributed by atoms with van der Waals surface area (Å²) in [5.74, 6) is 19.8. The van der Waals surface area contributed by atoms with Crippen molar-refractivity contribution in [3.8, 4) is 44.5 Å². The third kappa shape index (κ3) is 14.3. The number of aryl methyl sites for hydroxylation is 4.